The molecule has 0 spiro atoms. The molecule has 1 unspecified atom stereocenters. The lowest BCUT2D eigenvalue weighted by Gasteiger charge is -2.27. The number of hydrogen-bond acceptors (Lipinski definition) is 8. The second-order valence-corrected chi connectivity index (χ2v) is 11.5. The smallest absolute Gasteiger partial charge is 0.444 e. The molecule has 2 atom stereocenters. The summed E-state index contributed by atoms with van der Waals surface area (Å²) in [5.74, 6) is -3.55. The standard InChI is InChI=1S/C24H26F4N2O8S/c1-23(2,3)38-22(33)29-17-12-39(34,35)19-10-16(25)15(21(32)36-4)9-18(19)30(20(17)31)11-13-5-7-14(8-6-13)37-24(26,27)28/h5-10,17,21,32H,11-12H2,1-4H3,(H,29,33)/t17-,21?/m0/s1. The quantitative estimate of drug-likeness (QED) is 0.393. The number of rotatable bonds is 6. The summed E-state index contributed by atoms with van der Waals surface area (Å²) in [7, 11) is -3.34. The number of anilines is 1. The Morgan fingerprint density at radius 3 is 2.33 bits per heavy atom. The van der Waals surface area contributed by atoms with Gasteiger partial charge in [0.25, 0.3) is 5.91 Å². The number of hydrogen-bond donors (Lipinski definition) is 2. The van der Waals surface area contributed by atoms with Crippen LogP contribution in [0.4, 0.5) is 28.0 Å². The van der Waals surface area contributed by atoms with Gasteiger partial charge in [0.15, 0.2) is 16.1 Å². The molecular weight excluding hydrogens is 552 g/mol. The van der Waals surface area contributed by atoms with Crippen LogP contribution in [0.5, 0.6) is 5.75 Å². The van der Waals surface area contributed by atoms with Crippen molar-refractivity contribution in [2.75, 3.05) is 17.8 Å². The van der Waals surface area contributed by atoms with E-state index in [2.05, 4.69) is 10.1 Å². The van der Waals surface area contributed by atoms with Crippen LogP contribution in [0.1, 0.15) is 38.2 Å². The molecule has 0 aromatic heterocycles. The Hall–Kier alpha value is -3.43. The number of amides is 2. The van der Waals surface area contributed by atoms with Gasteiger partial charge in [0.2, 0.25) is 0 Å². The molecule has 2 amide bonds. The molecule has 1 aliphatic heterocycles. The highest BCUT2D eigenvalue weighted by atomic mass is 32.2. The fourth-order valence-electron chi connectivity index (χ4n) is 3.72. The van der Waals surface area contributed by atoms with Crippen molar-refractivity contribution in [3.63, 3.8) is 0 Å². The molecule has 1 heterocycles. The third kappa shape index (κ3) is 7.58. The van der Waals surface area contributed by atoms with Crippen molar-refractivity contribution < 1.29 is 54.9 Å². The number of nitrogens with zero attached hydrogens (tertiary/aromatic N) is 1. The van der Waals surface area contributed by atoms with Crippen LogP contribution in [0.2, 0.25) is 0 Å². The molecule has 2 aromatic rings. The molecule has 0 radical (unpaired) electrons. The number of sulfone groups is 1. The molecule has 1 aliphatic rings. The van der Waals surface area contributed by atoms with Gasteiger partial charge in [-0.25, -0.2) is 17.6 Å². The van der Waals surface area contributed by atoms with E-state index in [1.165, 1.54) is 12.1 Å². The molecule has 2 N–H and O–H groups in total. The maximum atomic E-state index is 14.8. The summed E-state index contributed by atoms with van der Waals surface area (Å²) in [4.78, 5) is 26.3. The number of fused-ring (bicyclic) bond motifs is 1. The SMILES string of the molecule is COC(O)c1cc2c(cc1F)S(=O)(=O)C[C@H](NC(=O)OC(C)(C)C)C(=O)N2Cc1ccc(OC(F)(F)F)cc1. The van der Waals surface area contributed by atoms with E-state index in [0.29, 0.717) is 6.07 Å². The number of ether oxygens (including phenoxy) is 3. The number of nitrogens with one attached hydrogen (secondary N) is 1. The lowest BCUT2D eigenvalue weighted by atomic mass is 10.1. The van der Waals surface area contributed by atoms with Crippen molar-refractivity contribution in [3.05, 3.63) is 53.3 Å². The van der Waals surface area contributed by atoms with Gasteiger partial charge < -0.3 is 29.5 Å². The summed E-state index contributed by atoms with van der Waals surface area (Å²) < 4.78 is 92.6. The molecular formula is C24H26F4N2O8S. The highest BCUT2D eigenvalue weighted by molar-refractivity contribution is 7.91. The zero-order valence-corrected chi connectivity index (χ0v) is 22.0. The molecule has 2 aromatic carbocycles. The van der Waals surface area contributed by atoms with E-state index in [1.807, 2.05) is 0 Å². The number of benzene rings is 2. The van der Waals surface area contributed by atoms with Gasteiger partial charge in [-0.1, -0.05) is 12.1 Å². The van der Waals surface area contributed by atoms with Gasteiger partial charge in [0, 0.05) is 12.7 Å². The number of alkyl halides is 3. The Bertz CT molecular complexity index is 1340. The zero-order valence-electron chi connectivity index (χ0n) is 21.2. The summed E-state index contributed by atoms with van der Waals surface area (Å²) in [6.07, 6.45) is -7.83. The molecule has 10 nitrogen and oxygen atoms in total. The third-order valence-electron chi connectivity index (χ3n) is 5.33. The zero-order chi connectivity index (χ0) is 29.3. The maximum absolute atomic E-state index is 14.8. The minimum atomic E-state index is -4.93. The van der Waals surface area contributed by atoms with E-state index in [-0.39, 0.29) is 11.3 Å². The van der Waals surface area contributed by atoms with Crippen LogP contribution < -0.4 is 15.0 Å². The van der Waals surface area contributed by atoms with Crippen LogP contribution in [0.15, 0.2) is 41.3 Å². The predicted octanol–water partition coefficient (Wildman–Crippen LogP) is 3.58. The van der Waals surface area contributed by atoms with E-state index in [4.69, 9.17) is 9.47 Å². The van der Waals surface area contributed by atoms with Gasteiger partial charge in [-0.05, 0) is 50.6 Å². The summed E-state index contributed by atoms with van der Waals surface area (Å²) in [5, 5.41) is 12.3. The highest BCUT2D eigenvalue weighted by Gasteiger charge is 2.40. The molecule has 0 saturated heterocycles. The van der Waals surface area contributed by atoms with Crippen LogP contribution in [0.3, 0.4) is 0 Å². The number of carbonyl (C=O) groups is 2. The van der Waals surface area contributed by atoms with Gasteiger partial charge >= 0.3 is 12.5 Å². The molecule has 214 valence electrons. The van der Waals surface area contributed by atoms with Crippen molar-refractivity contribution in [1.29, 1.82) is 0 Å². The average Bonchev–Trinajstić information content (AvgIpc) is 2.86. The van der Waals surface area contributed by atoms with Crippen LogP contribution in [-0.4, -0.2) is 56.4 Å². The van der Waals surface area contributed by atoms with Crippen molar-refractivity contribution in [2.45, 2.75) is 56.5 Å². The minimum absolute atomic E-state index is 0.234. The van der Waals surface area contributed by atoms with Crippen molar-refractivity contribution in [3.8, 4) is 5.75 Å². The normalized spacial score (nSPS) is 18.1. The molecule has 39 heavy (non-hydrogen) atoms. The van der Waals surface area contributed by atoms with Crippen LogP contribution in [0.25, 0.3) is 0 Å². The first-order valence-corrected chi connectivity index (χ1v) is 13.0. The first kappa shape index (κ1) is 30.1. The molecule has 0 saturated carbocycles. The van der Waals surface area contributed by atoms with Crippen molar-refractivity contribution >= 4 is 27.5 Å². The molecule has 3 rings (SSSR count). The average molecular weight is 579 g/mol. The van der Waals surface area contributed by atoms with Crippen molar-refractivity contribution in [2.24, 2.45) is 0 Å². The first-order valence-electron chi connectivity index (χ1n) is 11.3. The molecule has 0 aliphatic carbocycles. The van der Waals surface area contributed by atoms with Crippen LogP contribution >= 0.6 is 0 Å². The number of halogens is 4. The van der Waals surface area contributed by atoms with E-state index < -0.39 is 80.5 Å². The van der Waals surface area contributed by atoms with Gasteiger partial charge in [0.05, 0.1) is 22.9 Å². The lowest BCUT2D eigenvalue weighted by Crippen LogP contribution is -2.51. The van der Waals surface area contributed by atoms with Crippen molar-refractivity contribution in [1.82, 2.24) is 5.32 Å². The Morgan fingerprint density at radius 2 is 1.79 bits per heavy atom. The largest absolute Gasteiger partial charge is 0.573 e. The van der Waals surface area contributed by atoms with Gasteiger partial charge in [-0.3, -0.25) is 4.79 Å². The molecule has 0 bridgehead atoms. The molecule has 0 fully saturated rings. The van der Waals surface area contributed by atoms with Crippen LogP contribution in [0, 0.1) is 5.82 Å². The summed E-state index contributed by atoms with van der Waals surface area (Å²) in [6, 6.07) is 4.26. The monoisotopic (exact) mass is 578 g/mol. The fourth-order valence-corrected chi connectivity index (χ4v) is 5.33. The van der Waals surface area contributed by atoms with E-state index in [1.54, 1.807) is 20.8 Å². The first-order chi connectivity index (χ1) is 17.9. The second-order valence-electron chi connectivity index (χ2n) is 9.53. The number of carbonyl (C=O) groups excluding carboxylic acids is 2. The highest BCUT2D eigenvalue weighted by Crippen LogP contribution is 2.36. The third-order valence-corrected chi connectivity index (χ3v) is 7.10. The van der Waals surface area contributed by atoms with Gasteiger partial charge in [-0.2, -0.15) is 0 Å². The predicted molar refractivity (Wildman–Crippen MR) is 128 cm³/mol. The number of aliphatic hydroxyl groups excluding tert-OH is 1. The Morgan fingerprint density at radius 1 is 1.18 bits per heavy atom. The number of alkyl carbamates (subject to hydrolysis) is 1. The molecule has 15 heteroatoms. The van der Waals surface area contributed by atoms with E-state index in [0.717, 1.165) is 30.2 Å². The van der Waals surface area contributed by atoms with Crippen LogP contribution in [-0.2, 0) is 30.7 Å². The summed E-state index contributed by atoms with van der Waals surface area (Å²) in [6.45, 7) is 4.25. The Labute approximate surface area is 221 Å². The fraction of sp³-hybridized carbons (Fsp3) is 0.417. The van der Waals surface area contributed by atoms with E-state index >= 15 is 0 Å². The minimum Gasteiger partial charge on any atom is -0.444 e. The topological polar surface area (TPSA) is 131 Å². The lowest BCUT2D eigenvalue weighted by molar-refractivity contribution is -0.274. The Kier molecular flexibility index (Phi) is 8.48. The number of aliphatic hydroxyl groups is 1. The second kappa shape index (κ2) is 11.0. The number of methoxy groups -OCH3 is 1. The Balaban J connectivity index is 2.10. The summed E-state index contributed by atoms with van der Waals surface area (Å²) in [5.41, 5.74) is -1.56. The van der Waals surface area contributed by atoms with Gasteiger partial charge in [0.1, 0.15) is 23.2 Å². The summed E-state index contributed by atoms with van der Waals surface area (Å²) >= 11 is 0. The maximum Gasteiger partial charge on any atom is 0.573 e. The van der Waals surface area contributed by atoms with Gasteiger partial charge in [-0.15, -0.1) is 13.2 Å². The van der Waals surface area contributed by atoms with E-state index in [9.17, 15) is 40.7 Å².